The molecule has 0 aliphatic carbocycles. The zero-order valence-electron chi connectivity index (χ0n) is 16.0. The molecule has 1 aliphatic heterocycles. The number of ether oxygens (including phenoxy) is 2. The van der Waals surface area contributed by atoms with Crippen molar-refractivity contribution < 1.29 is 9.47 Å². The third kappa shape index (κ3) is 3.73. The van der Waals surface area contributed by atoms with Gasteiger partial charge in [0.05, 0.1) is 18.8 Å². The van der Waals surface area contributed by atoms with Gasteiger partial charge in [0.25, 0.3) is 5.78 Å². The molecular formula is C20H25N5O2. The van der Waals surface area contributed by atoms with Gasteiger partial charge < -0.3 is 14.8 Å². The third-order valence-corrected chi connectivity index (χ3v) is 5.07. The average molecular weight is 367 g/mol. The minimum Gasteiger partial charge on any atom is -0.497 e. The van der Waals surface area contributed by atoms with E-state index in [1.807, 2.05) is 35.7 Å². The smallest absolute Gasteiger partial charge is 0.254 e. The third-order valence-electron chi connectivity index (χ3n) is 5.07. The Balaban J connectivity index is 1.60. The monoisotopic (exact) mass is 367 g/mol. The fourth-order valence-corrected chi connectivity index (χ4v) is 3.53. The lowest BCUT2D eigenvalue weighted by molar-refractivity contribution is 0.0840. The van der Waals surface area contributed by atoms with E-state index < -0.39 is 0 Å². The quantitative estimate of drug-likeness (QED) is 0.744. The summed E-state index contributed by atoms with van der Waals surface area (Å²) in [7, 11) is 1.67. The number of anilines is 1. The van der Waals surface area contributed by atoms with Crippen LogP contribution in [0.2, 0.25) is 0 Å². The van der Waals surface area contributed by atoms with Crippen molar-refractivity contribution in [2.24, 2.45) is 0 Å². The molecule has 3 heterocycles. The number of nitrogens with one attached hydrogen (secondary N) is 1. The number of aryl methyl sites for hydroxylation is 1. The first-order valence-corrected chi connectivity index (χ1v) is 9.36. The van der Waals surface area contributed by atoms with E-state index in [1.54, 1.807) is 7.11 Å². The fraction of sp³-hybridized carbons (Fsp3) is 0.450. The molecule has 2 aromatic heterocycles. The molecule has 1 fully saturated rings. The summed E-state index contributed by atoms with van der Waals surface area (Å²) < 4.78 is 12.6. The zero-order chi connectivity index (χ0) is 18.8. The Morgan fingerprint density at radius 1 is 1.19 bits per heavy atom. The highest BCUT2D eigenvalue weighted by Crippen LogP contribution is 2.28. The van der Waals surface area contributed by atoms with Gasteiger partial charge in [-0.05, 0) is 50.5 Å². The van der Waals surface area contributed by atoms with Gasteiger partial charge in [0.1, 0.15) is 5.75 Å². The number of methoxy groups -OCH3 is 1. The minimum atomic E-state index is 0.0703. The Kier molecular flexibility index (Phi) is 4.94. The molecule has 1 atom stereocenters. The lowest BCUT2D eigenvalue weighted by atomic mass is 9.96. The molecule has 4 rings (SSSR count). The molecule has 1 aliphatic rings. The summed E-state index contributed by atoms with van der Waals surface area (Å²) >= 11 is 0. The van der Waals surface area contributed by atoms with Crippen LogP contribution in [-0.2, 0) is 4.74 Å². The van der Waals surface area contributed by atoms with Gasteiger partial charge in [-0.2, -0.15) is 9.50 Å². The second-order valence-corrected chi connectivity index (χ2v) is 7.00. The SMILES string of the molecule is COc1ccc(C(C)Nc2nc3nc(C)cc(C4CCOCC4)n3n2)cc1. The number of hydrogen-bond acceptors (Lipinski definition) is 6. The number of hydrogen-bond donors (Lipinski definition) is 1. The summed E-state index contributed by atoms with van der Waals surface area (Å²) in [5, 5.41) is 8.08. The van der Waals surface area contributed by atoms with Crippen molar-refractivity contribution >= 4 is 11.7 Å². The first-order valence-electron chi connectivity index (χ1n) is 9.36. The van der Waals surface area contributed by atoms with E-state index in [1.165, 1.54) is 5.69 Å². The highest BCUT2D eigenvalue weighted by molar-refractivity contribution is 5.42. The Hall–Kier alpha value is -2.67. The van der Waals surface area contributed by atoms with E-state index >= 15 is 0 Å². The highest BCUT2D eigenvalue weighted by atomic mass is 16.5. The summed E-state index contributed by atoms with van der Waals surface area (Å²) in [5.74, 6) is 2.50. The topological polar surface area (TPSA) is 73.6 Å². The molecule has 1 aromatic carbocycles. The van der Waals surface area contributed by atoms with Gasteiger partial charge in [-0.15, -0.1) is 5.10 Å². The number of nitrogens with zero attached hydrogens (tertiary/aromatic N) is 4. The molecule has 0 bridgehead atoms. The van der Waals surface area contributed by atoms with Crippen molar-refractivity contribution in [3.8, 4) is 5.75 Å². The largest absolute Gasteiger partial charge is 0.497 e. The normalized spacial score (nSPS) is 16.4. The summed E-state index contributed by atoms with van der Waals surface area (Å²) in [6.45, 7) is 5.68. The number of rotatable bonds is 5. The Morgan fingerprint density at radius 3 is 2.63 bits per heavy atom. The van der Waals surface area contributed by atoms with Crippen LogP contribution < -0.4 is 10.1 Å². The maximum Gasteiger partial charge on any atom is 0.254 e. The van der Waals surface area contributed by atoms with Crippen LogP contribution in [0.25, 0.3) is 5.78 Å². The van der Waals surface area contributed by atoms with E-state index in [0.29, 0.717) is 17.6 Å². The van der Waals surface area contributed by atoms with Gasteiger partial charge >= 0.3 is 0 Å². The van der Waals surface area contributed by atoms with E-state index in [4.69, 9.17) is 14.6 Å². The van der Waals surface area contributed by atoms with Crippen molar-refractivity contribution in [3.63, 3.8) is 0 Å². The predicted octanol–water partition coefficient (Wildman–Crippen LogP) is 3.51. The van der Waals surface area contributed by atoms with Crippen LogP contribution in [0.4, 0.5) is 5.95 Å². The van der Waals surface area contributed by atoms with Crippen molar-refractivity contribution in [1.82, 2.24) is 19.6 Å². The van der Waals surface area contributed by atoms with Crippen LogP contribution in [0, 0.1) is 6.92 Å². The van der Waals surface area contributed by atoms with Crippen LogP contribution >= 0.6 is 0 Å². The van der Waals surface area contributed by atoms with E-state index in [-0.39, 0.29) is 6.04 Å². The second-order valence-electron chi connectivity index (χ2n) is 7.00. The standard InChI is InChI=1S/C20H25N5O2/c1-13-12-18(16-8-10-27-11-9-16)25-20(21-13)23-19(24-25)22-14(2)15-4-6-17(26-3)7-5-15/h4-7,12,14,16H,8-11H2,1-3H3,(H,22,24). The van der Waals surface area contributed by atoms with Crippen LogP contribution in [0.1, 0.15) is 48.7 Å². The first-order chi connectivity index (χ1) is 13.1. The molecule has 0 radical (unpaired) electrons. The Labute approximate surface area is 158 Å². The van der Waals surface area contributed by atoms with Crippen molar-refractivity contribution in [3.05, 3.63) is 47.3 Å². The van der Waals surface area contributed by atoms with Crippen LogP contribution in [-0.4, -0.2) is 39.9 Å². The molecule has 0 saturated carbocycles. The van der Waals surface area contributed by atoms with Gasteiger partial charge in [0.2, 0.25) is 5.95 Å². The maximum atomic E-state index is 5.50. The highest BCUT2D eigenvalue weighted by Gasteiger charge is 2.21. The molecular weight excluding hydrogens is 342 g/mol. The van der Waals surface area contributed by atoms with Crippen LogP contribution in [0.3, 0.4) is 0 Å². The van der Waals surface area contributed by atoms with E-state index in [9.17, 15) is 0 Å². The molecule has 1 unspecified atom stereocenters. The Morgan fingerprint density at radius 2 is 1.93 bits per heavy atom. The molecule has 0 amide bonds. The average Bonchev–Trinajstić information content (AvgIpc) is 3.10. The lowest BCUT2D eigenvalue weighted by Crippen LogP contribution is -2.17. The predicted molar refractivity (Wildman–Crippen MR) is 103 cm³/mol. The number of aromatic nitrogens is 4. The zero-order valence-corrected chi connectivity index (χ0v) is 16.0. The van der Waals surface area contributed by atoms with Gasteiger partial charge in [-0.1, -0.05) is 12.1 Å². The molecule has 7 heteroatoms. The minimum absolute atomic E-state index is 0.0703. The summed E-state index contributed by atoms with van der Waals surface area (Å²) in [4.78, 5) is 9.16. The molecule has 27 heavy (non-hydrogen) atoms. The summed E-state index contributed by atoms with van der Waals surface area (Å²) in [6, 6.07) is 10.2. The first kappa shape index (κ1) is 17.7. The van der Waals surface area contributed by atoms with Gasteiger partial charge in [-0.25, -0.2) is 4.98 Å². The van der Waals surface area contributed by atoms with Crippen molar-refractivity contribution in [1.29, 1.82) is 0 Å². The lowest BCUT2D eigenvalue weighted by Gasteiger charge is -2.22. The van der Waals surface area contributed by atoms with Crippen molar-refractivity contribution in [2.75, 3.05) is 25.6 Å². The van der Waals surface area contributed by atoms with Crippen molar-refractivity contribution in [2.45, 2.75) is 38.6 Å². The summed E-state index contributed by atoms with van der Waals surface area (Å²) in [5.41, 5.74) is 3.27. The molecule has 1 saturated heterocycles. The second kappa shape index (κ2) is 7.52. The molecule has 0 spiro atoms. The van der Waals surface area contributed by atoms with E-state index in [0.717, 1.165) is 43.1 Å². The molecule has 142 valence electrons. The number of benzene rings is 1. The van der Waals surface area contributed by atoms with Crippen LogP contribution in [0.15, 0.2) is 30.3 Å². The van der Waals surface area contributed by atoms with Gasteiger partial charge in [-0.3, -0.25) is 0 Å². The van der Waals surface area contributed by atoms with Gasteiger partial charge in [0, 0.05) is 24.8 Å². The molecule has 1 N–H and O–H groups in total. The maximum absolute atomic E-state index is 5.50. The number of fused-ring (bicyclic) bond motifs is 1. The fourth-order valence-electron chi connectivity index (χ4n) is 3.53. The van der Waals surface area contributed by atoms with E-state index in [2.05, 4.69) is 28.3 Å². The Bertz CT molecular complexity index is 916. The van der Waals surface area contributed by atoms with Crippen LogP contribution in [0.5, 0.6) is 5.75 Å². The molecule has 3 aromatic rings. The molecule has 7 nitrogen and oxygen atoms in total. The summed E-state index contributed by atoms with van der Waals surface area (Å²) in [6.07, 6.45) is 2.01. The van der Waals surface area contributed by atoms with Gasteiger partial charge in [0.15, 0.2) is 0 Å².